The van der Waals surface area contributed by atoms with Gasteiger partial charge in [0.15, 0.2) is 0 Å². The van der Waals surface area contributed by atoms with Gasteiger partial charge in [-0.2, -0.15) is 0 Å². The van der Waals surface area contributed by atoms with Crippen LogP contribution in [0.4, 0.5) is 5.69 Å². The summed E-state index contributed by atoms with van der Waals surface area (Å²) >= 11 is 0. The molecular formula is C15H29N. The van der Waals surface area contributed by atoms with E-state index in [4.69, 9.17) is 5.73 Å². The fourth-order valence-corrected chi connectivity index (χ4v) is 1.51. The average molecular weight is 223 g/mol. The van der Waals surface area contributed by atoms with Gasteiger partial charge in [-0.3, -0.25) is 0 Å². The summed E-state index contributed by atoms with van der Waals surface area (Å²) in [6, 6.07) is 4.25. The molecule has 0 heterocycles. The molecule has 0 fully saturated rings. The Balaban J connectivity index is 0. The first-order valence-corrected chi connectivity index (χ1v) is 6.39. The monoisotopic (exact) mass is 223 g/mol. The molecule has 1 aromatic carbocycles. The van der Waals surface area contributed by atoms with Gasteiger partial charge < -0.3 is 5.73 Å². The van der Waals surface area contributed by atoms with Gasteiger partial charge in [0.05, 0.1) is 0 Å². The molecule has 0 aliphatic heterocycles. The van der Waals surface area contributed by atoms with Gasteiger partial charge in [-0.05, 0) is 42.5 Å². The topological polar surface area (TPSA) is 26.0 Å². The van der Waals surface area contributed by atoms with E-state index >= 15 is 0 Å². The number of nitrogen functional groups attached to an aromatic ring is 1. The summed E-state index contributed by atoms with van der Waals surface area (Å²) in [4.78, 5) is 0. The van der Waals surface area contributed by atoms with Crippen LogP contribution < -0.4 is 5.73 Å². The first-order chi connectivity index (χ1) is 7.52. The number of rotatable bonds is 1. The van der Waals surface area contributed by atoms with Gasteiger partial charge in [-0.15, -0.1) is 0 Å². The minimum atomic E-state index is 0.563. The van der Waals surface area contributed by atoms with E-state index in [1.54, 1.807) is 0 Å². The highest BCUT2D eigenvalue weighted by molar-refractivity contribution is 5.52. The van der Waals surface area contributed by atoms with E-state index < -0.39 is 0 Å². The predicted octanol–water partition coefficient (Wildman–Crippen LogP) is 5.06. The minimum absolute atomic E-state index is 0.563. The van der Waals surface area contributed by atoms with Crippen molar-refractivity contribution in [2.75, 3.05) is 5.73 Å². The van der Waals surface area contributed by atoms with E-state index in [0.29, 0.717) is 5.92 Å². The molecule has 0 saturated heterocycles. The summed E-state index contributed by atoms with van der Waals surface area (Å²) in [5.74, 6) is 0.563. The van der Waals surface area contributed by atoms with Gasteiger partial charge >= 0.3 is 0 Å². The predicted molar refractivity (Wildman–Crippen MR) is 77.1 cm³/mol. The molecule has 2 N–H and O–H groups in total. The fraction of sp³-hybridized carbons (Fsp3) is 0.600. The fourth-order valence-electron chi connectivity index (χ4n) is 1.51. The van der Waals surface area contributed by atoms with Crippen molar-refractivity contribution in [3.63, 3.8) is 0 Å². The highest BCUT2D eigenvalue weighted by Gasteiger charge is 2.05. The summed E-state index contributed by atoms with van der Waals surface area (Å²) in [5, 5.41) is 0. The second-order valence-corrected chi connectivity index (χ2v) is 3.72. The molecule has 0 bridgehead atoms. The van der Waals surface area contributed by atoms with Crippen LogP contribution in [0.5, 0.6) is 0 Å². The maximum absolute atomic E-state index is 5.83. The van der Waals surface area contributed by atoms with Crippen LogP contribution >= 0.6 is 0 Å². The van der Waals surface area contributed by atoms with Crippen molar-refractivity contribution in [2.45, 2.75) is 61.3 Å². The SMILES string of the molecule is CC.CC.Cc1cc(C)c(C(C)C)cc1N. The van der Waals surface area contributed by atoms with Crippen LogP contribution in [-0.2, 0) is 0 Å². The minimum Gasteiger partial charge on any atom is -0.399 e. The van der Waals surface area contributed by atoms with Crippen LogP contribution in [0.25, 0.3) is 0 Å². The van der Waals surface area contributed by atoms with Crippen molar-refractivity contribution in [1.82, 2.24) is 0 Å². The maximum atomic E-state index is 5.83. The number of anilines is 1. The molecule has 0 unspecified atom stereocenters. The highest BCUT2D eigenvalue weighted by Crippen LogP contribution is 2.23. The van der Waals surface area contributed by atoms with Crippen molar-refractivity contribution in [1.29, 1.82) is 0 Å². The van der Waals surface area contributed by atoms with Crippen molar-refractivity contribution in [3.8, 4) is 0 Å². The lowest BCUT2D eigenvalue weighted by molar-refractivity contribution is 0.856. The first-order valence-electron chi connectivity index (χ1n) is 6.39. The third-order valence-corrected chi connectivity index (χ3v) is 2.28. The van der Waals surface area contributed by atoms with E-state index in [2.05, 4.69) is 32.9 Å². The lowest BCUT2D eigenvalue weighted by Gasteiger charge is -2.12. The molecule has 0 atom stereocenters. The molecule has 1 aromatic rings. The van der Waals surface area contributed by atoms with Gasteiger partial charge in [0, 0.05) is 5.69 Å². The number of hydrogen-bond acceptors (Lipinski definition) is 1. The summed E-state index contributed by atoms with van der Waals surface area (Å²) < 4.78 is 0. The van der Waals surface area contributed by atoms with Gasteiger partial charge in [-0.25, -0.2) is 0 Å². The third-order valence-electron chi connectivity index (χ3n) is 2.28. The zero-order valence-electron chi connectivity index (χ0n) is 12.3. The van der Waals surface area contributed by atoms with Gasteiger partial charge in [0.2, 0.25) is 0 Å². The number of benzene rings is 1. The van der Waals surface area contributed by atoms with Gasteiger partial charge in [0.1, 0.15) is 0 Å². The standard InChI is InChI=1S/C11H17N.2C2H6/c1-7(2)10-6-11(12)9(4)5-8(10)3;2*1-2/h5-7H,12H2,1-4H3;2*1-2H3. The van der Waals surface area contributed by atoms with Crippen molar-refractivity contribution in [2.24, 2.45) is 0 Å². The Bertz CT molecular complexity index is 288. The normalized spacial score (nSPS) is 8.81. The van der Waals surface area contributed by atoms with E-state index in [0.717, 1.165) is 5.69 Å². The Morgan fingerprint density at radius 2 is 1.31 bits per heavy atom. The lowest BCUT2D eigenvalue weighted by atomic mass is 9.95. The molecule has 1 heteroatoms. The van der Waals surface area contributed by atoms with Crippen molar-refractivity contribution < 1.29 is 0 Å². The van der Waals surface area contributed by atoms with Crippen molar-refractivity contribution in [3.05, 3.63) is 28.8 Å². The van der Waals surface area contributed by atoms with Crippen molar-refractivity contribution >= 4 is 5.69 Å². The Labute approximate surface area is 102 Å². The Kier molecular flexibility index (Phi) is 10.1. The largest absolute Gasteiger partial charge is 0.399 e. The van der Waals surface area contributed by atoms with Crippen LogP contribution in [-0.4, -0.2) is 0 Å². The average Bonchev–Trinajstić information content (AvgIpc) is 2.28. The molecule has 94 valence electrons. The molecule has 16 heavy (non-hydrogen) atoms. The van der Waals surface area contributed by atoms with Gasteiger partial charge in [0.25, 0.3) is 0 Å². The Morgan fingerprint density at radius 3 is 1.69 bits per heavy atom. The van der Waals surface area contributed by atoms with E-state index in [9.17, 15) is 0 Å². The van der Waals surface area contributed by atoms with Crippen LogP contribution in [0, 0.1) is 13.8 Å². The van der Waals surface area contributed by atoms with Gasteiger partial charge in [-0.1, -0.05) is 47.6 Å². The summed E-state index contributed by atoms with van der Waals surface area (Å²) in [6.07, 6.45) is 0. The summed E-state index contributed by atoms with van der Waals surface area (Å²) in [6.45, 7) is 16.6. The maximum Gasteiger partial charge on any atom is 0.0346 e. The quantitative estimate of drug-likeness (QED) is 0.661. The molecule has 0 amide bonds. The zero-order chi connectivity index (χ0) is 13.3. The first kappa shape index (κ1) is 17.4. The van der Waals surface area contributed by atoms with E-state index in [-0.39, 0.29) is 0 Å². The molecule has 0 radical (unpaired) electrons. The zero-order valence-corrected chi connectivity index (χ0v) is 12.3. The second kappa shape index (κ2) is 9.26. The van der Waals surface area contributed by atoms with Crippen LogP contribution in [0.2, 0.25) is 0 Å². The van der Waals surface area contributed by atoms with E-state index in [1.165, 1.54) is 16.7 Å². The van der Waals surface area contributed by atoms with Crippen LogP contribution in [0.1, 0.15) is 64.2 Å². The molecule has 0 aromatic heterocycles. The lowest BCUT2D eigenvalue weighted by Crippen LogP contribution is -1.97. The molecule has 1 nitrogen and oxygen atoms in total. The van der Waals surface area contributed by atoms with Crippen LogP contribution in [0.3, 0.4) is 0 Å². The molecule has 1 rings (SSSR count). The number of aryl methyl sites for hydroxylation is 2. The summed E-state index contributed by atoms with van der Waals surface area (Å²) in [5.41, 5.74) is 10.6. The van der Waals surface area contributed by atoms with E-state index in [1.807, 2.05) is 34.6 Å². The molecule has 0 spiro atoms. The third kappa shape index (κ3) is 5.20. The number of nitrogens with two attached hydrogens (primary N) is 1. The van der Waals surface area contributed by atoms with Crippen LogP contribution in [0.15, 0.2) is 12.1 Å². The smallest absolute Gasteiger partial charge is 0.0346 e. The highest BCUT2D eigenvalue weighted by atomic mass is 14.6. The molecule has 0 aliphatic carbocycles. The second-order valence-electron chi connectivity index (χ2n) is 3.72. The number of hydrogen-bond donors (Lipinski definition) is 1. The Morgan fingerprint density at radius 1 is 0.875 bits per heavy atom. The molecule has 0 aliphatic rings. The Hall–Kier alpha value is -0.980. The summed E-state index contributed by atoms with van der Waals surface area (Å²) in [7, 11) is 0. The molecule has 0 saturated carbocycles. The molecular weight excluding hydrogens is 194 g/mol.